The summed E-state index contributed by atoms with van der Waals surface area (Å²) in [6, 6.07) is 13.2. The minimum atomic E-state index is -3.71. The lowest BCUT2D eigenvalue weighted by Gasteiger charge is -2.31. The lowest BCUT2D eigenvalue weighted by Crippen LogP contribution is -2.44. The molecule has 1 heterocycles. The van der Waals surface area contributed by atoms with E-state index in [0.29, 0.717) is 30.9 Å². The van der Waals surface area contributed by atoms with Crippen LogP contribution >= 0.6 is 0 Å². The molecular weight excluding hydrogens is 352 g/mol. The topological polar surface area (TPSA) is 75.7 Å². The van der Waals surface area contributed by atoms with Crippen molar-refractivity contribution < 1.29 is 17.9 Å². The number of nitrogens with one attached hydrogen (secondary N) is 1. The summed E-state index contributed by atoms with van der Waals surface area (Å²) in [6.45, 7) is 5.32. The van der Waals surface area contributed by atoms with Crippen LogP contribution in [0.2, 0.25) is 0 Å². The second kappa shape index (κ2) is 7.47. The van der Waals surface area contributed by atoms with Crippen LogP contribution in [-0.2, 0) is 14.8 Å². The van der Waals surface area contributed by atoms with Gasteiger partial charge in [-0.25, -0.2) is 8.42 Å². The zero-order valence-corrected chi connectivity index (χ0v) is 15.6. The fraction of sp³-hybridized carbons (Fsp3) is 0.316. The molecule has 0 saturated carbocycles. The second-order valence-electron chi connectivity index (χ2n) is 6.44. The number of benzene rings is 2. The van der Waals surface area contributed by atoms with Crippen LogP contribution in [0.25, 0.3) is 0 Å². The first-order chi connectivity index (χ1) is 12.3. The number of hydrogen-bond acceptors (Lipinski definition) is 4. The van der Waals surface area contributed by atoms with Crippen LogP contribution in [0.1, 0.15) is 22.8 Å². The summed E-state index contributed by atoms with van der Waals surface area (Å²) >= 11 is 0. The van der Waals surface area contributed by atoms with Gasteiger partial charge in [0.1, 0.15) is 0 Å². The molecule has 1 aliphatic rings. The number of sulfonamides is 1. The first-order valence-corrected chi connectivity index (χ1v) is 9.94. The highest BCUT2D eigenvalue weighted by atomic mass is 32.2. The van der Waals surface area contributed by atoms with Gasteiger partial charge in [0.15, 0.2) is 0 Å². The van der Waals surface area contributed by atoms with Gasteiger partial charge in [-0.05, 0) is 49.7 Å². The third-order valence-corrected chi connectivity index (χ3v) is 5.57. The highest BCUT2D eigenvalue weighted by molar-refractivity contribution is 7.92. The quantitative estimate of drug-likeness (QED) is 0.893. The summed E-state index contributed by atoms with van der Waals surface area (Å²) in [5.74, 6) is -0.128. The van der Waals surface area contributed by atoms with Crippen LogP contribution in [0.4, 0.5) is 5.69 Å². The Morgan fingerprint density at radius 2 is 1.96 bits per heavy atom. The predicted octanol–water partition coefficient (Wildman–Crippen LogP) is 2.66. The van der Waals surface area contributed by atoms with Crippen LogP contribution < -0.4 is 4.72 Å². The number of ether oxygens (including phenoxy) is 1. The standard InChI is InChI=1S/C19H22N2O4S/c1-14-5-3-8-18(11-14)26(23,24)20-17-7-4-6-16(12-17)19(22)21-9-10-25-15(2)13-21/h3-8,11-12,15,20H,9-10,13H2,1-2H3. The largest absolute Gasteiger partial charge is 0.375 e. The molecule has 1 atom stereocenters. The van der Waals surface area contributed by atoms with Crippen molar-refractivity contribution >= 4 is 21.6 Å². The van der Waals surface area contributed by atoms with Gasteiger partial charge in [0.05, 0.1) is 17.6 Å². The molecule has 1 fully saturated rings. The van der Waals surface area contributed by atoms with Crippen molar-refractivity contribution in [3.8, 4) is 0 Å². The van der Waals surface area contributed by atoms with Gasteiger partial charge in [-0.3, -0.25) is 9.52 Å². The highest BCUT2D eigenvalue weighted by Gasteiger charge is 2.23. The van der Waals surface area contributed by atoms with E-state index in [1.807, 2.05) is 19.9 Å². The molecule has 1 unspecified atom stereocenters. The Balaban J connectivity index is 1.80. The van der Waals surface area contributed by atoms with Crippen LogP contribution in [0.3, 0.4) is 0 Å². The van der Waals surface area contributed by atoms with Gasteiger partial charge in [-0.15, -0.1) is 0 Å². The maximum absolute atomic E-state index is 12.7. The smallest absolute Gasteiger partial charge is 0.261 e. The maximum Gasteiger partial charge on any atom is 0.261 e. The first kappa shape index (κ1) is 18.4. The lowest BCUT2D eigenvalue weighted by atomic mass is 10.1. The first-order valence-electron chi connectivity index (χ1n) is 8.45. The molecule has 1 aliphatic heterocycles. The summed E-state index contributed by atoms with van der Waals surface area (Å²) < 4.78 is 33.1. The SMILES string of the molecule is Cc1cccc(S(=O)(=O)Nc2cccc(C(=O)N3CCOC(C)C3)c2)c1. The van der Waals surface area contributed by atoms with Gasteiger partial charge < -0.3 is 9.64 Å². The molecule has 0 bridgehead atoms. The number of rotatable bonds is 4. The van der Waals surface area contributed by atoms with Crippen molar-refractivity contribution in [2.24, 2.45) is 0 Å². The minimum absolute atomic E-state index is 0.00398. The van der Waals surface area contributed by atoms with Crippen LogP contribution in [0.15, 0.2) is 53.4 Å². The molecule has 26 heavy (non-hydrogen) atoms. The van der Waals surface area contributed by atoms with Gasteiger partial charge in [0, 0.05) is 24.3 Å². The summed E-state index contributed by atoms with van der Waals surface area (Å²) in [5.41, 5.74) is 1.67. The molecule has 6 nitrogen and oxygen atoms in total. The van der Waals surface area contributed by atoms with Gasteiger partial charge in [-0.2, -0.15) is 0 Å². The Labute approximate surface area is 153 Å². The molecular formula is C19H22N2O4S. The van der Waals surface area contributed by atoms with Crippen LogP contribution in [-0.4, -0.2) is 45.0 Å². The lowest BCUT2D eigenvalue weighted by molar-refractivity contribution is -0.0124. The molecule has 7 heteroatoms. The van der Waals surface area contributed by atoms with E-state index in [1.165, 1.54) is 0 Å². The molecule has 2 aromatic rings. The second-order valence-corrected chi connectivity index (χ2v) is 8.12. The molecule has 1 saturated heterocycles. The Kier molecular flexibility index (Phi) is 5.29. The monoisotopic (exact) mass is 374 g/mol. The molecule has 3 rings (SSSR count). The number of aryl methyl sites for hydroxylation is 1. The normalized spacial score (nSPS) is 17.8. The minimum Gasteiger partial charge on any atom is -0.375 e. The maximum atomic E-state index is 12.7. The van der Waals surface area contributed by atoms with E-state index < -0.39 is 10.0 Å². The van der Waals surface area contributed by atoms with Crippen LogP contribution in [0, 0.1) is 6.92 Å². The number of carbonyl (C=O) groups is 1. The molecule has 0 aliphatic carbocycles. The number of nitrogens with zero attached hydrogens (tertiary/aromatic N) is 1. The van der Waals surface area contributed by atoms with E-state index in [0.717, 1.165) is 5.56 Å². The third kappa shape index (κ3) is 4.23. The van der Waals surface area contributed by atoms with E-state index in [4.69, 9.17) is 4.74 Å². The molecule has 0 spiro atoms. The van der Waals surface area contributed by atoms with Crippen LogP contribution in [0.5, 0.6) is 0 Å². The van der Waals surface area contributed by atoms with Gasteiger partial charge in [-0.1, -0.05) is 18.2 Å². The zero-order chi connectivity index (χ0) is 18.7. The molecule has 138 valence electrons. The number of carbonyl (C=O) groups excluding carboxylic acids is 1. The number of amides is 1. The Bertz CT molecular complexity index is 911. The predicted molar refractivity (Wildman–Crippen MR) is 99.7 cm³/mol. The summed E-state index contributed by atoms with van der Waals surface area (Å²) in [6.07, 6.45) is -0.00398. The fourth-order valence-corrected chi connectivity index (χ4v) is 4.05. The Morgan fingerprint density at radius 1 is 1.19 bits per heavy atom. The fourth-order valence-electron chi connectivity index (χ4n) is 2.90. The van der Waals surface area contributed by atoms with Gasteiger partial charge >= 0.3 is 0 Å². The summed E-state index contributed by atoms with van der Waals surface area (Å²) in [7, 11) is -3.71. The summed E-state index contributed by atoms with van der Waals surface area (Å²) in [5, 5.41) is 0. The van der Waals surface area contributed by atoms with Crippen molar-refractivity contribution in [3.63, 3.8) is 0 Å². The van der Waals surface area contributed by atoms with Crippen molar-refractivity contribution in [2.45, 2.75) is 24.8 Å². The molecule has 0 aromatic heterocycles. The average molecular weight is 374 g/mol. The van der Waals surface area contributed by atoms with E-state index in [2.05, 4.69) is 4.72 Å². The van der Waals surface area contributed by atoms with Crippen molar-refractivity contribution in [2.75, 3.05) is 24.4 Å². The third-order valence-electron chi connectivity index (χ3n) is 4.19. The Morgan fingerprint density at radius 3 is 2.69 bits per heavy atom. The van der Waals surface area contributed by atoms with E-state index >= 15 is 0 Å². The number of anilines is 1. The Hall–Kier alpha value is -2.38. The molecule has 1 N–H and O–H groups in total. The zero-order valence-electron chi connectivity index (χ0n) is 14.8. The van der Waals surface area contributed by atoms with Crippen molar-refractivity contribution in [1.82, 2.24) is 4.90 Å². The van der Waals surface area contributed by atoms with Gasteiger partial charge in [0.2, 0.25) is 0 Å². The number of morpholine rings is 1. The molecule has 2 aromatic carbocycles. The van der Waals surface area contributed by atoms with Crippen molar-refractivity contribution in [1.29, 1.82) is 0 Å². The van der Waals surface area contributed by atoms with E-state index in [9.17, 15) is 13.2 Å². The van der Waals surface area contributed by atoms with Gasteiger partial charge in [0.25, 0.3) is 15.9 Å². The molecule has 0 radical (unpaired) electrons. The van der Waals surface area contributed by atoms with E-state index in [1.54, 1.807) is 47.4 Å². The van der Waals surface area contributed by atoms with Crippen molar-refractivity contribution in [3.05, 3.63) is 59.7 Å². The number of hydrogen-bond donors (Lipinski definition) is 1. The highest BCUT2D eigenvalue weighted by Crippen LogP contribution is 2.19. The summed E-state index contributed by atoms with van der Waals surface area (Å²) in [4.78, 5) is 14.6. The molecule has 1 amide bonds. The average Bonchev–Trinajstić information content (AvgIpc) is 2.61. The van der Waals surface area contributed by atoms with E-state index in [-0.39, 0.29) is 16.9 Å².